The number of nitrogens with zero attached hydrogens (tertiary/aromatic N) is 2. The van der Waals surface area contributed by atoms with Gasteiger partial charge in [0.1, 0.15) is 5.75 Å². The van der Waals surface area contributed by atoms with E-state index in [1.807, 2.05) is 10.8 Å². The van der Waals surface area contributed by atoms with Crippen LogP contribution in [0.4, 0.5) is 13.2 Å². The van der Waals surface area contributed by atoms with Gasteiger partial charge < -0.3 is 9.30 Å². The smallest absolute Gasteiger partial charge is 0.406 e. The number of halogens is 4. The molecule has 1 aromatic heterocycles. The van der Waals surface area contributed by atoms with Crippen molar-refractivity contribution in [1.82, 2.24) is 4.57 Å². The van der Waals surface area contributed by atoms with Gasteiger partial charge in [-0.05, 0) is 24.5 Å². The monoisotopic (exact) mass is 358 g/mol. The largest absolute Gasteiger partial charge is 0.573 e. The van der Waals surface area contributed by atoms with Crippen LogP contribution in [0, 0.1) is 0 Å². The maximum atomic E-state index is 12.2. The molecule has 1 heterocycles. The molecule has 0 unspecified atom stereocenters. The quantitative estimate of drug-likeness (QED) is 0.828. The van der Waals surface area contributed by atoms with Crippen LogP contribution in [0.25, 0.3) is 10.2 Å². The van der Waals surface area contributed by atoms with Crippen LogP contribution in [0.1, 0.15) is 0 Å². The highest BCUT2D eigenvalue weighted by Crippen LogP contribution is 2.27. The van der Waals surface area contributed by atoms with Crippen molar-refractivity contribution < 1.29 is 17.9 Å². The fourth-order valence-corrected chi connectivity index (χ4v) is 3.23. The van der Waals surface area contributed by atoms with E-state index in [1.165, 1.54) is 23.5 Å². The Balaban J connectivity index is 0.00000220. The summed E-state index contributed by atoms with van der Waals surface area (Å²) >= 11 is 3.06. The molecule has 2 aromatic rings. The van der Waals surface area contributed by atoms with E-state index in [-0.39, 0.29) is 18.2 Å². The number of alkyl halides is 3. The van der Waals surface area contributed by atoms with E-state index in [2.05, 4.69) is 9.73 Å². The minimum absolute atomic E-state index is 0. The van der Waals surface area contributed by atoms with Crippen molar-refractivity contribution in [3.63, 3.8) is 0 Å². The molecule has 0 fully saturated rings. The van der Waals surface area contributed by atoms with Crippen molar-refractivity contribution in [3.8, 4) is 5.75 Å². The van der Waals surface area contributed by atoms with Crippen LogP contribution in [0.5, 0.6) is 5.75 Å². The van der Waals surface area contributed by atoms with Crippen molar-refractivity contribution in [1.29, 1.82) is 0 Å². The van der Waals surface area contributed by atoms with Gasteiger partial charge in [-0.3, -0.25) is 4.99 Å². The van der Waals surface area contributed by atoms with E-state index in [0.717, 1.165) is 27.3 Å². The molecule has 0 aliphatic rings. The Morgan fingerprint density at radius 3 is 2.67 bits per heavy atom. The molecule has 0 spiro atoms. The summed E-state index contributed by atoms with van der Waals surface area (Å²) in [4.78, 5) is 4.96. The number of aryl methyl sites for hydroxylation is 1. The zero-order chi connectivity index (χ0) is 14.8. The first kappa shape index (κ1) is 18.2. The van der Waals surface area contributed by atoms with Gasteiger partial charge in [-0.1, -0.05) is 11.3 Å². The fraction of sp³-hybridized carbons (Fsp3) is 0.417. The van der Waals surface area contributed by atoms with Crippen LogP contribution >= 0.6 is 35.5 Å². The molecular formula is C12H14ClF3N2OS2. The topological polar surface area (TPSA) is 26.5 Å². The molecule has 0 saturated heterocycles. The molecule has 3 nitrogen and oxygen atoms in total. The number of hydrogen-bond donors (Lipinski definition) is 0. The van der Waals surface area contributed by atoms with Gasteiger partial charge in [0.25, 0.3) is 0 Å². The molecular weight excluding hydrogens is 345 g/mol. The van der Waals surface area contributed by atoms with Crippen molar-refractivity contribution in [3.05, 3.63) is 23.0 Å². The number of rotatable bonds is 4. The predicted octanol–water partition coefficient (Wildman–Crippen LogP) is 3.92. The summed E-state index contributed by atoms with van der Waals surface area (Å²) in [7, 11) is 1.67. The zero-order valence-electron chi connectivity index (χ0n) is 11.3. The highest BCUT2D eigenvalue weighted by molar-refractivity contribution is 7.98. The van der Waals surface area contributed by atoms with E-state index in [4.69, 9.17) is 0 Å². The SMILES string of the molecule is C/N=c1/sc2cc(OC(F)(F)F)ccc2n1CCSC.Cl. The molecule has 0 aliphatic carbocycles. The molecule has 0 aliphatic heterocycles. The first-order valence-corrected chi connectivity index (χ1v) is 7.96. The van der Waals surface area contributed by atoms with E-state index in [9.17, 15) is 13.2 Å². The second-order valence-corrected chi connectivity index (χ2v) is 5.92. The Labute approximate surface area is 134 Å². The summed E-state index contributed by atoms with van der Waals surface area (Å²) in [5.74, 6) is 0.714. The number of aromatic nitrogens is 1. The molecule has 2 rings (SSSR count). The molecule has 0 amide bonds. The lowest BCUT2D eigenvalue weighted by Crippen LogP contribution is -2.17. The summed E-state index contributed by atoms with van der Waals surface area (Å²) < 4.78 is 43.3. The van der Waals surface area contributed by atoms with Gasteiger partial charge in [0, 0.05) is 19.3 Å². The number of thiazole rings is 1. The van der Waals surface area contributed by atoms with E-state index < -0.39 is 6.36 Å². The van der Waals surface area contributed by atoms with Gasteiger partial charge in [0.05, 0.1) is 10.2 Å². The molecule has 0 radical (unpaired) electrons. The number of ether oxygens (including phenoxy) is 1. The molecule has 0 bridgehead atoms. The third-order valence-corrected chi connectivity index (χ3v) is 4.32. The Morgan fingerprint density at radius 1 is 1.38 bits per heavy atom. The summed E-state index contributed by atoms with van der Waals surface area (Å²) in [5.41, 5.74) is 0.874. The molecule has 0 atom stereocenters. The van der Waals surface area contributed by atoms with Gasteiger partial charge in [-0.2, -0.15) is 11.8 Å². The van der Waals surface area contributed by atoms with Gasteiger partial charge in [0.2, 0.25) is 0 Å². The molecule has 0 saturated carbocycles. The number of thioether (sulfide) groups is 1. The average Bonchev–Trinajstić information content (AvgIpc) is 2.71. The normalized spacial score (nSPS) is 12.5. The minimum atomic E-state index is -4.67. The maximum Gasteiger partial charge on any atom is 0.573 e. The first-order chi connectivity index (χ1) is 9.44. The first-order valence-electron chi connectivity index (χ1n) is 5.75. The summed E-state index contributed by atoms with van der Waals surface area (Å²) in [6.45, 7) is 0.771. The van der Waals surface area contributed by atoms with Crippen molar-refractivity contribution in [2.75, 3.05) is 19.1 Å². The molecule has 21 heavy (non-hydrogen) atoms. The van der Waals surface area contributed by atoms with Crippen LogP contribution in [0.2, 0.25) is 0 Å². The van der Waals surface area contributed by atoms with E-state index in [0.29, 0.717) is 0 Å². The number of hydrogen-bond acceptors (Lipinski definition) is 4. The average molecular weight is 359 g/mol. The van der Waals surface area contributed by atoms with Gasteiger partial charge in [-0.15, -0.1) is 25.6 Å². The van der Waals surface area contributed by atoms with Crippen LogP contribution in [-0.4, -0.2) is 30.0 Å². The van der Waals surface area contributed by atoms with Gasteiger partial charge >= 0.3 is 6.36 Å². The molecule has 118 valence electrons. The summed E-state index contributed by atoms with van der Waals surface area (Å²) in [6.07, 6.45) is -2.66. The lowest BCUT2D eigenvalue weighted by Gasteiger charge is -2.09. The number of benzene rings is 1. The molecule has 1 aromatic carbocycles. The second kappa shape index (κ2) is 7.42. The number of fused-ring (bicyclic) bond motifs is 1. The van der Waals surface area contributed by atoms with Crippen LogP contribution in [0.3, 0.4) is 0 Å². The minimum Gasteiger partial charge on any atom is -0.406 e. The standard InChI is InChI=1S/C12H13F3N2OS2.ClH/c1-16-11-17(5-6-19-2)9-4-3-8(7-10(9)20-11)18-12(13,14)15;/h3-4,7H,5-6H2,1-2H3;1H/b16-11+;. The van der Waals surface area contributed by atoms with Crippen LogP contribution < -0.4 is 9.54 Å². The maximum absolute atomic E-state index is 12.2. The zero-order valence-corrected chi connectivity index (χ0v) is 13.8. The highest BCUT2D eigenvalue weighted by atomic mass is 35.5. The van der Waals surface area contributed by atoms with E-state index >= 15 is 0 Å². The highest BCUT2D eigenvalue weighted by Gasteiger charge is 2.31. The molecule has 0 N–H and O–H groups in total. The Bertz CT molecular complexity index is 667. The summed E-state index contributed by atoms with van der Waals surface area (Å²) in [5, 5.41) is 0. The Morgan fingerprint density at radius 2 is 2.10 bits per heavy atom. The Hall–Kier alpha value is -0.860. The van der Waals surface area contributed by atoms with Crippen molar-refractivity contribution >= 4 is 45.7 Å². The van der Waals surface area contributed by atoms with Crippen LogP contribution in [0.15, 0.2) is 23.2 Å². The van der Waals surface area contributed by atoms with Gasteiger partial charge in [-0.25, -0.2) is 0 Å². The lowest BCUT2D eigenvalue weighted by molar-refractivity contribution is -0.274. The third-order valence-electron chi connectivity index (χ3n) is 2.60. The third kappa shape index (κ3) is 4.55. The fourth-order valence-electron chi connectivity index (χ4n) is 1.82. The van der Waals surface area contributed by atoms with Crippen molar-refractivity contribution in [2.24, 2.45) is 4.99 Å². The summed E-state index contributed by atoms with van der Waals surface area (Å²) in [6, 6.07) is 4.37. The van der Waals surface area contributed by atoms with Crippen molar-refractivity contribution in [2.45, 2.75) is 12.9 Å². The van der Waals surface area contributed by atoms with Gasteiger partial charge in [0.15, 0.2) is 4.80 Å². The lowest BCUT2D eigenvalue weighted by atomic mass is 10.3. The van der Waals surface area contributed by atoms with E-state index in [1.54, 1.807) is 24.9 Å². The second-order valence-electron chi connectivity index (χ2n) is 3.93. The molecule has 9 heteroatoms. The Kier molecular flexibility index (Phi) is 6.42. The predicted molar refractivity (Wildman–Crippen MR) is 83.6 cm³/mol. The van der Waals surface area contributed by atoms with Crippen LogP contribution in [-0.2, 0) is 6.54 Å².